The van der Waals surface area contributed by atoms with Crippen molar-refractivity contribution in [3.63, 3.8) is 0 Å². The molecule has 0 radical (unpaired) electrons. The molecule has 5 nitrogen and oxygen atoms in total. The van der Waals surface area contributed by atoms with Crippen LogP contribution in [0.2, 0.25) is 5.02 Å². The Hall–Kier alpha value is -2.26. The molecule has 0 aliphatic rings. The quantitative estimate of drug-likeness (QED) is 0.707. The second-order valence-corrected chi connectivity index (χ2v) is 8.35. The smallest absolute Gasteiger partial charge is 0.416 e. The van der Waals surface area contributed by atoms with Crippen molar-refractivity contribution in [1.82, 2.24) is 0 Å². The van der Waals surface area contributed by atoms with Gasteiger partial charge in [0.2, 0.25) is 0 Å². The van der Waals surface area contributed by atoms with Gasteiger partial charge < -0.3 is 10.1 Å². The van der Waals surface area contributed by atoms with Crippen LogP contribution in [0, 0.1) is 0 Å². The van der Waals surface area contributed by atoms with E-state index in [1.165, 1.54) is 12.1 Å². The first-order valence-electron chi connectivity index (χ1n) is 8.08. The first-order chi connectivity index (χ1) is 12.9. The highest BCUT2D eigenvalue weighted by atomic mass is 35.5. The van der Waals surface area contributed by atoms with Crippen molar-refractivity contribution in [2.24, 2.45) is 0 Å². The Bertz CT molecular complexity index is 991. The van der Waals surface area contributed by atoms with E-state index in [1.807, 2.05) is 6.92 Å². The highest BCUT2D eigenvalue weighted by Gasteiger charge is 2.31. The number of benzene rings is 2. The molecule has 0 aliphatic heterocycles. The number of hydrogen-bond donors (Lipinski definition) is 1. The van der Waals surface area contributed by atoms with E-state index in [2.05, 4.69) is 5.32 Å². The monoisotopic (exact) mass is 435 g/mol. The lowest BCUT2D eigenvalue weighted by molar-refractivity contribution is -0.137. The Morgan fingerprint density at radius 1 is 1.18 bits per heavy atom. The fourth-order valence-corrected chi connectivity index (χ4v) is 3.09. The zero-order valence-electron chi connectivity index (χ0n) is 14.9. The lowest BCUT2D eigenvalue weighted by atomic mass is 10.1. The van der Waals surface area contributed by atoms with Crippen molar-refractivity contribution < 1.29 is 31.1 Å². The second-order valence-electron chi connectivity index (χ2n) is 5.93. The van der Waals surface area contributed by atoms with E-state index in [9.17, 15) is 26.4 Å². The van der Waals surface area contributed by atoms with Gasteiger partial charge >= 0.3 is 6.18 Å². The number of rotatable bonds is 6. The van der Waals surface area contributed by atoms with Gasteiger partial charge in [0.05, 0.1) is 33.3 Å². The summed E-state index contributed by atoms with van der Waals surface area (Å²) in [6.45, 7) is 2.05. The molecule has 0 unspecified atom stereocenters. The lowest BCUT2D eigenvalue weighted by Gasteiger charge is -2.15. The lowest BCUT2D eigenvalue weighted by Crippen LogP contribution is -2.16. The van der Waals surface area contributed by atoms with Crippen molar-refractivity contribution in [1.29, 1.82) is 0 Å². The molecule has 0 aromatic heterocycles. The molecule has 2 aromatic carbocycles. The summed E-state index contributed by atoms with van der Waals surface area (Å²) in [5, 5.41) is 2.28. The zero-order chi connectivity index (χ0) is 21.1. The Kier molecular flexibility index (Phi) is 6.61. The van der Waals surface area contributed by atoms with Crippen molar-refractivity contribution in [2.75, 3.05) is 18.2 Å². The molecule has 2 rings (SSSR count). The number of carbonyl (C=O) groups excluding carboxylic acids is 1. The number of nitrogens with one attached hydrogen (secondary N) is 1. The molecule has 0 spiro atoms. The van der Waals surface area contributed by atoms with Crippen LogP contribution in [-0.4, -0.2) is 27.2 Å². The molecule has 0 saturated heterocycles. The maximum Gasteiger partial charge on any atom is 0.416 e. The van der Waals surface area contributed by atoms with Gasteiger partial charge in [-0.3, -0.25) is 4.79 Å². The Morgan fingerprint density at radius 2 is 1.86 bits per heavy atom. The Morgan fingerprint density at radius 3 is 2.43 bits per heavy atom. The van der Waals surface area contributed by atoms with Gasteiger partial charge in [0.15, 0.2) is 9.84 Å². The third-order valence-corrected chi connectivity index (χ3v) is 5.07. The van der Waals surface area contributed by atoms with E-state index in [0.29, 0.717) is 6.42 Å². The van der Waals surface area contributed by atoms with Crippen LogP contribution >= 0.6 is 11.6 Å². The molecule has 2 aromatic rings. The summed E-state index contributed by atoms with van der Waals surface area (Å²) in [6, 6.07) is 6.23. The summed E-state index contributed by atoms with van der Waals surface area (Å²) < 4.78 is 67.8. The van der Waals surface area contributed by atoms with Gasteiger partial charge in [-0.2, -0.15) is 13.2 Å². The van der Waals surface area contributed by atoms with Crippen LogP contribution < -0.4 is 10.1 Å². The first kappa shape index (κ1) is 22.0. The Balaban J connectivity index is 2.44. The summed E-state index contributed by atoms with van der Waals surface area (Å²) in [7, 11) is -3.61. The van der Waals surface area contributed by atoms with Crippen LogP contribution in [0.15, 0.2) is 41.3 Å². The summed E-state index contributed by atoms with van der Waals surface area (Å²) in [5.41, 5.74) is -1.36. The maximum atomic E-state index is 13.0. The summed E-state index contributed by atoms with van der Waals surface area (Å²) in [6.07, 6.45) is -3.05. The average Bonchev–Trinajstić information content (AvgIpc) is 2.59. The SMILES string of the molecule is CCCOc1ccc(C(F)(F)F)cc1NC(=O)c1cc(S(C)(=O)=O)ccc1Cl. The number of alkyl halides is 3. The second kappa shape index (κ2) is 8.40. The molecule has 1 amide bonds. The fraction of sp³-hybridized carbons (Fsp3) is 0.278. The predicted octanol–water partition coefficient (Wildman–Crippen LogP) is 4.80. The minimum absolute atomic E-state index is 0.0482. The van der Waals surface area contributed by atoms with Gasteiger partial charge in [-0.1, -0.05) is 18.5 Å². The van der Waals surface area contributed by atoms with E-state index >= 15 is 0 Å². The number of ether oxygens (including phenoxy) is 1. The highest BCUT2D eigenvalue weighted by molar-refractivity contribution is 7.90. The van der Waals surface area contributed by atoms with Gasteiger partial charge in [-0.05, 0) is 42.8 Å². The molecule has 28 heavy (non-hydrogen) atoms. The number of sulfone groups is 1. The zero-order valence-corrected chi connectivity index (χ0v) is 16.5. The third-order valence-electron chi connectivity index (χ3n) is 3.63. The normalized spacial score (nSPS) is 11.9. The van der Waals surface area contributed by atoms with Crippen molar-refractivity contribution in [3.05, 3.63) is 52.5 Å². The van der Waals surface area contributed by atoms with Crippen LogP contribution in [0.25, 0.3) is 0 Å². The largest absolute Gasteiger partial charge is 0.491 e. The number of hydrogen-bond acceptors (Lipinski definition) is 4. The third kappa shape index (κ3) is 5.39. The molecular formula is C18H17ClF3NO4S. The van der Waals surface area contributed by atoms with Gasteiger partial charge in [0.1, 0.15) is 5.75 Å². The maximum absolute atomic E-state index is 13.0. The summed E-state index contributed by atoms with van der Waals surface area (Å²) in [5.74, 6) is -0.810. The minimum Gasteiger partial charge on any atom is -0.491 e. The van der Waals surface area contributed by atoms with E-state index < -0.39 is 27.5 Å². The molecule has 0 heterocycles. The number of halogens is 4. The average molecular weight is 436 g/mol. The molecule has 10 heteroatoms. The van der Waals surface area contributed by atoms with Gasteiger partial charge in [0, 0.05) is 6.26 Å². The van der Waals surface area contributed by atoms with E-state index in [-0.39, 0.29) is 33.5 Å². The molecular weight excluding hydrogens is 419 g/mol. The fourth-order valence-electron chi connectivity index (χ4n) is 2.24. The molecule has 1 N–H and O–H groups in total. The first-order valence-corrected chi connectivity index (χ1v) is 10.4. The molecule has 152 valence electrons. The van der Waals surface area contributed by atoms with Crippen molar-refractivity contribution in [3.8, 4) is 5.75 Å². The molecule has 0 atom stereocenters. The van der Waals surface area contributed by atoms with E-state index in [1.54, 1.807) is 0 Å². The molecule has 0 bridgehead atoms. The van der Waals surface area contributed by atoms with Gasteiger partial charge in [-0.25, -0.2) is 8.42 Å². The number of amides is 1. The van der Waals surface area contributed by atoms with Crippen LogP contribution in [-0.2, 0) is 16.0 Å². The van der Waals surface area contributed by atoms with Crippen molar-refractivity contribution in [2.45, 2.75) is 24.4 Å². The molecule has 0 fully saturated rings. The number of anilines is 1. The van der Waals surface area contributed by atoms with Crippen LogP contribution in [0.3, 0.4) is 0 Å². The number of carbonyl (C=O) groups is 1. The van der Waals surface area contributed by atoms with Gasteiger partial charge in [0.25, 0.3) is 5.91 Å². The summed E-state index contributed by atoms with van der Waals surface area (Å²) in [4.78, 5) is 12.4. The Labute approximate surface area is 165 Å². The van der Waals surface area contributed by atoms with Gasteiger partial charge in [-0.15, -0.1) is 0 Å². The highest BCUT2D eigenvalue weighted by Crippen LogP contribution is 2.35. The van der Waals surface area contributed by atoms with Crippen LogP contribution in [0.5, 0.6) is 5.75 Å². The minimum atomic E-state index is -4.61. The van der Waals surface area contributed by atoms with Crippen LogP contribution in [0.1, 0.15) is 29.3 Å². The van der Waals surface area contributed by atoms with E-state index in [4.69, 9.17) is 16.3 Å². The summed E-state index contributed by atoms with van der Waals surface area (Å²) >= 11 is 5.97. The molecule has 0 saturated carbocycles. The topological polar surface area (TPSA) is 72.5 Å². The standard InChI is InChI=1S/C18H17ClF3NO4S/c1-3-8-27-16-7-4-11(18(20,21)22)9-15(16)23-17(24)13-10-12(28(2,25)26)5-6-14(13)19/h4-7,9-10H,3,8H2,1-2H3,(H,23,24). The van der Waals surface area contributed by atoms with E-state index in [0.717, 1.165) is 30.5 Å². The van der Waals surface area contributed by atoms with Crippen molar-refractivity contribution >= 4 is 33.0 Å². The predicted molar refractivity (Wildman–Crippen MR) is 99.7 cm³/mol. The van der Waals surface area contributed by atoms with Crippen LogP contribution in [0.4, 0.5) is 18.9 Å². The molecule has 0 aliphatic carbocycles.